The fourth-order valence-electron chi connectivity index (χ4n) is 1.84. The van der Waals surface area contributed by atoms with Crippen LogP contribution < -0.4 is 0 Å². The SMILES string of the molecule is CSc1cccc2c1CCCC2=O. The molecule has 1 aliphatic carbocycles. The number of carbonyl (C=O) groups is 1. The zero-order chi connectivity index (χ0) is 9.26. The fourth-order valence-corrected chi connectivity index (χ4v) is 2.51. The first-order valence-corrected chi connectivity index (χ1v) is 5.74. The predicted octanol–water partition coefficient (Wildman–Crippen LogP) is 2.93. The Kier molecular flexibility index (Phi) is 2.40. The summed E-state index contributed by atoms with van der Waals surface area (Å²) in [4.78, 5) is 12.8. The van der Waals surface area contributed by atoms with Gasteiger partial charge in [-0.25, -0.2) is 0 Å². The van der Waals surface area contributed by atoms with Crippen LogP contribution in [0.4, 0.5) is 0 Å². The van der Waals surface area contributed by atoms with Crippen molar-refractivity contribution in [2.24, 2.45) is 0 Å². The zero-order valence-corrected chi connectivity index (χ0v) is 8.49. The molecular weight excluding hydrogens is 180 g/mol. The molecule has 1 aromatic rings. The Morgan fingerprint density at radius 3 is 2.92 bits per heavy atom. The van der Waals surface area contributed by atoms with E-state index in [0.717, 1.165) is 24.8 Å². The molecule has 1 nitrogen and oxygen atoms in total. The lowest BCUT2D eigenvalue weighted by atomic mass is 9.91. The lowest BCUT2D eigenvalue weighted by Crippen LogP contribution is -2.11. The molecule has 0 N–H and O–H groups in total. The van der Waals surface area contributed by atoms with Crippen molar-refractivity contribution >= 4 is 17.5 Å². The van der Waals surface area contributed by atoms with E-state index in [1.54, 1.807) is 11.8 Å². The molecule has 0 radical (unpaired) electrons. The molecule has 1 aromatic carbocycles. The van der Waals surface area contributed by atoms with E-state index in [1.165, 1.54) is 10.5 Å². The van der Waals surface area contributed by atoms with Crippen LogP contribution in [0.1, 0.15) is 28.8 Å². The minimum Gasteiger partial charge on any atom is -0.294 e. The quantitative estimate of drug-likeness (QED) is 0.636. The highest BCUT2D eigenvalue weighted by Crippen LogP contribution is 2.29. The summed E-state index contributed by atoms with van der Waals surface area (Å²) in [6, 6.07) is 6.03. The predicted molar refractivity (Wildman–Crippen MR) is 55.5 cm³/mol. The summed E-state index contributed by atoms with van der Waals surface area (Å²) in [6.07, 6.45) is 4.88. The molecule has 0 amide bonds. The molecule has 68 valence electrons. The van der Waals surface area contributed by atoms with Gasteiger partial charge in [0, 0.05) is 16.9 Å². The third-order valence-corrected chi connectivity index (χ3v) is 3.31. The van der Waals surface area contributed by atoms with Crippen molar-refractivity contribution in [2.45, 2.75) is 24.2 Å². The van der Waals surface area contributed by atoms with Gasteiger partial charge in [0.15, 0.2) is 5.78 Å². The Balaban J connectivity index is 2.54. The summed E-state index contributed by atoms with van der Waals surface area (Å²) in [5.74, 6) is 0.317. The molecule has 0 spiro atoms. The lowest BCUT2D eigenvalue weighted by molar-refractivity contribution is 0.0972. The monoisotopic (exact) mass is 192 g/mol. The number of thioether (sulfide) groups is 1. The summed E-state index contributed by atoms with van der Waals surface area (Å²) in [6.45, 7) is 0. The second-order valence-corrected chi connectivity index (χ2v) is 4.11. The van der Waals surface area contributed by atoms with Crippen LogP contribution in [-0.2, 0) is 6.42 Å². The van der Waals surface area contributed by atoms with Crippen molar-refractivity contribution in [3.05, 3.63) is 29.3 Å². The molecule has 0 atom stereocenters. The highest BCUT2D eigenvalue weighted by molar-refractivity contribution is 7.98. The Labute approximate surface area is 82.5 Å². The minimum absolute atomic E-state index is 0.317. The number of benzene rings is 1. The molecular formula is C11H12OS. The van der Waals surface area contributed by atoms with Crippen LogP contribution in [0.3, 0.4) is 0 Å². The van der Waals surface area contributed by atoms with Crippen molar-refractivity contribution in [3.63, 3.8) is 0 Å². The average molecular weight is 192 g/mol. The second-order valence-electron chi connectivity index (χ2n) is 3.26. The van der Waals surface area contributed by atoms with E-state index < -0.39 is 0 Å². The summed E-state index contributed by atoms with van der Waals surface area (Å²) < 4.78 is 0. The van der Waals surface area contributed by atoms with Gasteiger partial charge in [0.2, 0.25) is 0 Å². The molecule has 0 aliphatic heterocycles. The van der Waals surface area contributed by atoms with Gasteiger partial charge in [-0.3, -0.25) is 4.79 Å². The molecule has 0 unspecified atom stereocenters. The first-order chi connectivity index (χ1) is 6.33. The van der Waals surface area contributed by atoms with Crippen molar-refractivity contribution in [3.8, 4) is 0 Å². The van der Waals surface area contributed by atoms with Gasteiger partial charge in [0.25, 0.3) is 0 Å². The molecule has 1 aliphatic rings. The van der Waals surface area contributed by atoms with Crippen LogP contribution in [0.2, 0.25) is 0 Å². The van der Waals surface area contributed by atoms with Gasteiger partial charge < -0.3 is 0 Å². The first-order valence-electron chi connectivity index (χ1n) is 4.52. The van der Waals surface area contributed by atoms with Gasteiger partial charge in [-0.05, 0) is 30.7 Å². The van der Waals surface area contributed by atoms with Gasteiger partial charge in [0.1, 0.15) is 0 Å². The standard InChI is InChI=1S/C11H12OS/c1-13-11-7-3-4-8-9(11)5-2-6-10(8)12/h3-4,7H,2,5-6H2,1H3. The van der Waals surface area contributed by atoms with E-state index in [1.807, 2.05) is 12.1 Å². The van der Waals surface area contributed by atoms with E-state index >= 15 is 0 Å². The van der Waals surface area contributed by atoms with Crippen LogP contribution in [0.15, 0.2) is 23.1 Å². The number of carbonyl (C=O) groups excluding carboxylic acids is 1. The van der Waals surface area contributed by atoms with E-state index in [2.05, 4.69) is 12.3 Å². The van der Waals surface area contributed by atoms with Gasteiger partial charge in [-0.1, -0.05) is 12.1 Å². The molecule has 2 heteroatoms. The highest BCUT2D eigenvalue weighted by atomic mass is 32.2. The fraction of sp³-hybridized carbons (Fsp3) is 0.364. The Hall–Kier alpha value is -0.760. The Morgan fingerprint density at radius 2 is 2.15 bits per heavy atom. The topological polar surface area (TPSA) is 17.1 Å². The van der Waals surface area contributed by atoms with E-state index in [-0.39, 0.29) is 0 Å². The van der Waals surface area contributed by atoms with Crippen molar-refractivity contribution in [1.29, 1.82) is 0 Å². The van der Waals surface area contributed by atoms with Gasteiger partial charge in [-0.2, -0.15) is 0 Å². The molecule has 2 rings (SSSR count). The molecule has 0 heterocycles. The number of ketones is 1. The number of rotatable bonds is 1. The normalized spacial score (nSPS) is 15.6. The highest BCUT2D eigenvalue weighted by Gasteiger charge is 2.18. The number of hydrogen-bond donors (Lipinski definition) is 0. The third kappa shape index (κ3) is 1.51. The molecule has 0 saturated carbocycles. The van der Waals surface area contributed by atoms with E-state index in [4.69, 9.17) is 0 Å². The molecule has 0 bridgehead atoms. The zero-order valence-electron chi connectivity index (χ0n) is 7.67. The van der Waals surface area contributed by atoms with Crippen molar-refractivity contribution in [1.82, 2.24) is 0 Å². The molecule has 0 aromatic heterocycles. The van der Waals surface area contributed by atoms with Gasteiger partial charge >= 0.3 is 0 Å². The number of Topliss-reactive ketones (excluding diaryl/α,β-unsaturated/α-hetero) is 1. The minimum atomic E-state index is 0.317. The van der Waals surface area contributed by atoms with E-state index in [0.29, 0.717) is 5.78 Å². The third-order valence-electron chi connectivity index (χ3n) is 2.48. The van der Waals surface area contributed by atoms with Crippen molar-refractivity contribution in [2.75, 3.05) is 6.26 Å². The maximum absolute atomic E-state index is 11.5. The van der Waals surface area contributed by atoms with Crippen LogP contribution in [0, 0.1) is 0 Å². The summed E-state index contributed by atoms with van der Waals surface area (Å²) in [7, 11) is 0. The lowest BCUT2D eigenvalue weighted by Gasteiger charge is -2.16. The van der Waals surface area contributed by atoms with Crippen LogP contribution in [0.5, 0.6) is 0 Å². The molecule has 13 heavy (non-hydrogen) atoms. The summed E-state index contributed by atoms with van der Waals surface area (Å²) in [5, 5.41) is 0. The second kappa shape index (κ2) is 3.54. The first kappa shape index (κ1) is 8.82. The van der Waals surface area contributed by atoms with Crippen LogP contribution >= 0.6 is 11.8 Å². The van der Waals surface area contributed by atoms with Crippen LogP contribution in [0.25, 0.3) is 0 Å². The number of fused-ring (bicyclic) bond motifs is 1. The molecule has 0 saturated heterocycles. The van der Waals surface area contributed by atoms with Gasteiger partial charge in [-0.15, -0.1) is 11.8 Å². The Bertz CT molecular complexity index is 344. The Morgan fingerprint density at radius 1 is 1.31 bits per heavy atom. The maximum Gasteiger partial charge on any atom is 0.163 e. The van der Waals surface area contributed by atoms with Crippen LogP contribution in [-0.4, -0.2) is 12.0 Å². The smallest absolute Gasteiger partial charge is 0.163 e. The summed E-state index contributed by atoms with van der Waals surface area (Å²) >= 11 is 1.73. The largest absolute Gasteiger partial charge is 0.294 e. The van der Waals surface area contributed by atoms with E-state index in [9.17, 15) is 4.79 Å². The molecule has 0 fully saturated rings. The summed E-state index contributed by atoms with van der Waals surface area (Å²) in [5.41, 5.74) is 2.23. The number of hydrogen-bond acceptors (Lipinski definition) is 2. The van der Waals surface area contributed by atoms with Crippen molar-refractivity contribution < 1.29 is 4.79 Å². The average Bonchev–Trinajstić information content (AvgIpc) is 2.18. The maximum atomic E-state index is 11.5. The van der Waals surface area contributed by atoms with Gasteiger partial charge in [0.05, 0.1) is 0 Å².